The number of nitrogens with zero attached hydrogens (tertiary/aromatic N) is 8. The second kappa shape index (κ2) is 36.6. The van der Waals surface area contributed by atoms with Crippen LogP contribution in [0.15, 0.2) is 0 Å². The number of hydrogen-bond donors (Lipinski definition) is 5. The highest BCUT2D eigenvalue weighted by Gasteiger charge is 2.48. The molecule has 27 heteroatoms. The van der Waals surface area contributed by atoms with E-state index in [0.29, 0.717) is 64.7 Å². The molecule has 4 heterocycles. The van der Waals surface area contributed by atoms with Crippen molar-refractivity contribution in [2.45, 2.75) is 249 Å². The highest BCUT2D eigenvalue weighted by molar-refractivity contribution is 9.09. The first-order valence-electron chi connectivity index (χ1n) is 35.0. The summed E-state index contributed by atoms with van der Waals surface area (Å²) >= 11 is 3.71. The number of piperidine rings is 2. The lowest BCUT2D eigenvalue weighted by Crippen LogP contribution is -2.65. The number of fused-ring (bicyclic) bond motifs is 1. The van der Waals surface area contributed by atoms with E-state index in [1.807, 2.05) is 27.7 Å². The number of halogens is 1. The van der Waals surface area contributed by atoms with Crippen LogP contribution in [0.5, 0.6) is 0 Å². The molecular weight excluding hydrogens is 1290 g/mol. The largest absolute Gasteiger partial charge is 0.381 e. The number of hydrogen-bond acceptors (Lipinski definition) is 14. The number of ether oxygens (including phenoxy) is 1. The van der Waals surface area contributed by atoms with Crippen molar-refractivity contribution in [2.24, 2.45) is 23.7 Å². The van der Waals surface area contributed by atoms with Crippen molar-refractivity contribution in [3.8, 4) is 0 Å². The van der Waals surface area contributed by atoms with Crippen LogP contribution in [-0.2, 0) is 62.3 Å². The zero-order chi connectivity index (χ0) is 70.9. The number of likely N-dealkylation sites (N-methyl/N-ethyl adjacent to an activating group) is 6. The molecule has 0 spiro atoms. The van der Waals surface area contributed by atoms with Gasteiger partial charge in [-0.1, -0.05) is 76.7 Å². The predicted molar refractivity (Wildman–Crippen MR) is 364 cm³/mol. The molecule has 1 aliphatic carbocycles. The lowest BCUT2D eigenvalue weighted by atomic mass is 9.82. The Labute approximate surface area is 573 Å². The molecule has 26 nitrogen and oxygen atoms in total. The third-order valence-corrected chi connectivity index (χ3v) is 21.7. The topological polar surface area (TPSA) is 300 Å². The average molecular weight is 1400 g/mol. The van der Waals surface area contributed by atoms with Gasteiger partial charge in [0.1, 0.15) is 59.9 Å². The van der Waals surface area contributed by atoms with E-state index in [1.165, 1.54) is 90.4 Å². The Morgan fingerprint density at radius 1 is 0.653 bits per heavy atom. The number of alkyl halides is 1. The Kier molecular flexibility index (Phi) is 30.7. The van der Waals surface area contributed by atoms with Crippen LogP contribution in [-0.4, -0.2) is 270 Å². The van der Waals surface area contributed by atoms with E-state index in [0.717, 1.165) is 32.1 Å². The maximum atomic E-state index is 15.1. The minimum absolute atomic E-state index is 0.00285. The van der Waals surface area contributed by atoms with E-state index in [1.54, 1.807) is 32.8 Å². The molecule has 5 aliphatic rings. The first-order valence-corrected chi connectivity index (χ1v) is 35.9. The van der Waals surface area contributed by atoms with Gasteiger partial charge in [0, 0.05) is 80.4 Å². The Balaban J connectivity index is 1.60. The highest BCUT2D eigenvalue weighted by Crippen LogP contribution is 2.33. The second-order valence-corrected chi connectivity index (χ2v) is 29.9. The summed E-state index contributed by atoms with van der Waals surface area (Å²) < 4.78 is 5.65. The van der Waals surface area contributed by atoms with Crippen LogP contribution in [0.4, 0.5) is 0 Å². The quantitative estimate of drug-likeness (QED) is 0.156. The molecule has 4 aliphatic heterocycles. The smallest absolute Gasteiger partial charge is 0.246 e. The minimum Gasteiger partial charge on any atom is -0.381 e. The number of nitrogens with one attached hydrogen (secondary N) is 5. The van der Waals surface area contributed by atoms with E-state index in [9.17, 15) is 52.7 Å². The Morgan fingerprint density at radius 3 is 1.87 bits per heavy atom. The maximum absolute atomic E-state index is 15.1. The summed E-state index contributed by atoms with van der Waals surface area (Å²) in [4.78, 5) is 188. The standard InChI is InChI=1S/C68H116BrN13O13/c1-17-20-24-48-62(89)80(15)68(8,9)67(94)73-50(33-41(4)5)61(88)78(13)54(65(92)81-30-22-21-23-31-81)37-56(84)77(12)51(19-3)59(86)74-57(42(6)18-2)66(93)76(11)43(7)60(87)82-32-29-52(82)64(91)79(14)53(36-44-25-27-47(95-16)28-26-44)63(90)75(10)40-55(83)71-49(58(85)72-48)35-45-34-46(69)39-70-38-45/h41-54,57,70H,17-40H2,1-16H3,(H,71,83)(H,72,85)(H,73,94)(H,74,86)/t42-,43-,44?,45?,46?,47?,48-,49-,50-,51-,52-,53-,54-,57-/m0/s1. The van der Waals surface area contributed by atoms with Gasteiger partial charge in [0.2, 0.25) is 70.9 Å². The SMILES string of the molecule is CCCC[C@@H]1NC(=O)[C@H](CC2CNCC(Br)C2)NC(=O)CN(C)C(=O)[C@H](CC2CCC(OC)CC2)N(C)C(=O)[C@@H]2CCN2C(=O)[C@H](C)N(C)C(=O)[C@H]([C@@H](C)CC)NC(=O)[C@H](CC)N(C)C(=O)C[C@@H](C(=O)N2CCCCC2)N(C)C(=O)[C@H](CC(C)C)NC(=O)C(C)(C)N(C)C1=O. The van der Waals surface area contributed by atoms with Gasteiger partial charge in [-0.3, -0.25) is 57.5 Å². The summed E-state index contributed by atoms with van der Waals surface area (Å²) in [5.41, 5.74) is -1.67. The van der Waals surface area contributed by atoms with Gasteiger partial charge in [-0.15, -0.1) is 0 Å². The summed E-state index contributed by atoms with van der Waals surface area (Å²) in [6.45, 7) is 17.3. The number of likely N-dealkylation sites (tertiary alicyclic amines) is 1. The van der Waals surface area contributed by atoms with E-state index >= 15 is 4.79 Å². The maximum Gasteiger partial charge on any atom is 0.246 e. The van der Waals surface area contributed by atoms with Crippen molar-refractivity contribution in [3.63, 3.8) is 0 Å². The summed E-state index contributed by atoms with van der Waals surface area (Å²) in [7, 11) is 10.4. The van der Waals surface area contributed by atoms with E-state index in [-0.39, 0.29) is 73.8 Å². The third-order valence-electron chi connectivity index (χ3n) is 21.0. The molecule has 12 atom stereocenters. The molecular formula is C68H116BrN13O13. The van der Waals surface area contributed by atoms with E-state index in [2.05, 4.69) is 42.5 Å². The van der Waals surface area contributed by atoms with Crippen molar-refractivity contribution in [2.75, 3.05) is 88.7 Å². The summed E-state index contributed by atoms with van der Waals surface area (Å²) in [6.07, 6.45) is 8.01. The van der Waals surface area contributed by atoms with Crippen LogP contribution in [0.3, 0.4) is 0 Å². The fourth-order valence-electron chi connectivity index (χ4n) is 13.8. The molecule has 538 valence electrons. The predicted octanol–water partition coefficient (Wildman–Crippen LogP) is 3.02. The highest BCUT2D eigenvalue weighted by atomic mass is 79.9. The number of amides is 12. The molecule has 12 amide bonds. The molecule has 0 radical (unpaired) electrons. The fraction of sp³-hybridized carbons (Fsp3) is 0.824. The van der Waals surface area contributed by atoms with Crippen LogP contribution in [0, 0.1) is 23.7 Å². The van der Waals surface area contributed by atoms with Crippen molar-refractivity contribution >= 4 is 86.8 Å². The molecule has 5 rings (SSSR count). The Bertz CT molecular complexity index is 2690. The van der Waals surface area contributed by atoms with E-state index in [4.69, 9.17) is 4.74 Å². The van der Waals surface area contributed by atoms with Crippen LogP contribution < -0.4 is 26.6 Å². The molecule has 0 aromatic carbocycles. The molecule has 0 aromatic rings. The summed E-state index contributed by atoms with van der Waals surface area (Å²) in [5, 5.41) is 15.0. The van der Waals surface area contributed by atoms with Crippen molar-refractivity contribution in [1.82, 2.24) is 65.8 Å². The number of unbranched alkanes of at least 4 members (excludes halogenated alkanes) is 1. The summed E-state index contributed by atoms with van der Waals surface area (Å²) in [6, 6.07) is -10.5. The molecule has 0 bridgehead atoms. The number of carbonyl (C=O) groups excluding carboxylic acids is 12. The first kappa shape index (κ1) is 79.7. The molecule has 95 heavy (non-hydrogen) atoms. The molecule has 0 aromatic heterocycles. The number of methoxy groups -OCH3 is 1. The minimum atomic E-state index is -1.67. The normalized spacial score (nSPS) is 30.9. The first-order chi connectivity index (χ1) is 44.7. The Hall–Kier alpha value is -5.96. The van der Waals surface area contributed by atoms with E-state index < -0.39 is 150 Å². The molecule has 2 unspecified atom stereocenters. The van der Waals surface area contributed by atoms with Crippen molar-refractivity contribution in [3.05, 3.63) is 0 Å². The lowest BCUT2D eigenvalue weighted by Gasteiger charge is -2.45. The molecule has 1 saturated carbocycles. The van der Waals surface area contributed by atoms with Crippen LogP contribution in [0.1, 0.15) is 178 Å². The van der Waals surface area contributed by atoms with Crippen molar-refractivity contribution in [1.29, 1.82) is 0 Å². The molecule has 5 fully saturated rings. The average Bonchev–Trinajstić information content (AvgIpc) is 0.792. The van der Waals surface area contributed by atoms with Crippen LogP contribution >= 0.6 is 15.9 Å². The zero-order valence-corrected chi connectivity index (χ0v) is 61.5. The van der Waals surface area contributed by atoms with Crippen LogP contribution in [0.2, 0.25) is 0 Å². The van der Waals surface area contributed by atoms with Crippen LogP contribution in [0.25, 0.3) is 0 Å². The van der Waals surface area contributed by atoms with Gasteiger partial charge in [0.25, 0.3) is 0 Å². The molecule has 4 saturated heterocycles. The van der Waals surface area contributed by atoms with Gasteiger partial charge in [0.05, 0.1) is 19.1 Å². The zero-order valence-electron chi connectivity index (χ0n) is 59.9. The van der Waals surface area contributed by atoms with Gasteiger partial charge in [-0.25, -0.2) is 0 Å². The lowest BCUT2D eigenvalue weighted by molar-refractivity contribution is -0.160. The van der Waals surface area contributed by atoms with Gasteiger partial charge < -0.3 is 70.5 Å². The van der Waals surface area contributed by atoms with Gasteiger partial charge >= 0.3 is 0 Å². The van der Waals surface area contributed by atoms with Gasteiger partial charge in [-0.05, 0) is 141 Å². The van der Waals surface area contributed by atoms with Crippen molar-refractivity contribution < 1.29 is 62.3 Å². The monoisotopic (exact) mass is 1400 g/mol. The second-order valence-electron chi connectivity index (χ2n) is 28.6. The van der Waals surface area contributed by atoms with Gasteiger partial charge in [-0.2, -0.15) is 0 Å². The fourth-order valence-corrected chi connectivity index (χ4v) is 14.5. The molecule has 5 N–H and O–H groups in total. The number of rotatable bonds is 14. The Morgan fingerprint density at radius 2 is 1.31 bits per heavy atom. The number of carbonyl (C=O) groups is 12. The van der Waals surface area contributed by atoms with Gasteiger partial charge in [0.15, 0.2) is 0 Å². The summed E-state index contributed by atoms with van der Waals surface area (Å²) in [5.74, 6) is -8.03. The third kappa shape index (κ3) is 20.8.